The summed E-state index contributed by atoms with van der Waals surface area (Å²) < 4.78 is 0. The molecule has 0 radical (unpaired) electrons. The van der Waals surface area contributed by atoms with E-state index < -0.39 is 29.9 Å². The number of amides is 4. The van der Waals surface area contributed by atoms with Crippen LogP contribution in [0.15, 0.2) is 12.7 Å². The quantitative estimate of drug-likeness (QED) is 0.256. The average molecular weight is 515 g/mol. The van der Waals surface area contributed by atoms with Gasteiger partial charge in [0.25, 0.3) is 0 Å². The summed E-state index contributed by atoms with van der Waals surface area (Å²) in [5.41, 5.74) is -0.131. The molecule has 0 spiro atoms. The minimum absolute atomic E-state index is 0.0159. The number of rotatable bonds is 12. The maximum absolute atomic E-state index is 13.7. The molecule has 0 aromatic heterocycles. The Morgan fingerprint density at radius 1 is 1.16 bits per heavy atom. The van der Waals surface area contributed by atoms with E-state index in [-0.39, 0.29) is 71.7 Å². The molecule has 2 heterocycles. The number of hydrogen-bond donors (Lipinski definition) is 3. The first-order chi connectivity index (χ1) is 17.5. The van der Waals surface area contributed by atoms with Crippen LogP contribution in [-0.2, 0) is 28.8 Å². The first-order valence-corrected chi connectivity index (χ1v) is 13.3. The molecule has 4 fully saturated rings. The highest BCUT2D eigenvalue weighted by Gasteiger charge is 2.70. The number of piperidine rings is 1. The van der Waals surface area contributed by atoms with Crippen molar-refractivity contribution in [2.75, 3.05) is 13.1 Å². The van der Waals surface area contributed by atoms with Crippen LogP contribution in [0.4, 0.5) is 0 Å². The first kappa shape index (κ1) is 27.0. The number of fused-ring (bicyclic) bond motifs is 1. The highest BCUT2D eigenvalue weighted by molar-refractivity contribution is 6.01. The maximum atomic E-state index is 13.7. The van der Waals surface area contributed by atoms with Gasteiger partial charge in [-0.15, -0.1) is 0 Å². The van der Waals surface area contributed by atoms with Gasteiger partial charge >= 0.3 is 0 Å². The van der Waals surface area contributed by atoms with Gasteiger partial charge in [-0.1, -0.05) is 27.4 Å². The van der Waals surface area contributed by atoms with Crippen molar-refractivity contribution in [2.24, 2.45) is 29.1 Å². The number of Topliss-reactive ketones (excluding diaryl/α,β-unsaturated/α-hetero) is 1. The van der Waals surface area contributed by atoms with E-state index in [2.05, 4.69) is 36.4 Å². The standard InChI is InChI=1S/C27H38N4O6/c1-5-16(32)12-20(34)30-22(14-7-8-14)26(37)31-13-17-21(27(17,3)4)23(31)25(36)29-18(19(33)6-2)11-15-9-10-28-24(15)35/h6,14-15,17-18,21-23H,2,5,7-13H2,1,3-4H3,(H,28,35)(H,29,36)(H,30,34)/t15-,17-,18-,21-,22-,23-/m0/s1. The second-order valence-corrected chi connectivity index (χ2v) is 11.5. The number of likely N-dealkylation sites (tertiary alicyclic amines) is 1. The van der Waals surface area contributed by atoms with Crippen LogP contribution in [-0.4, -0.2) is 71.3 Å². The van der Waals surface area contributed by atoms with Crippen LogP contribution in [0.25, 0.3) is 0 Å². The molecule has 4 aliphatic rings. The molecule has 2 saturated carbocycles. The van der Waals surface area contributed by atoms with E-state index in [1.807, 2.05) is 0 Å². The Kier molecular flexibility index (Phi) is 7.57. The molecule has 2 saturated heterocycles. The van der Waals surface area contributed by atoms with Gasteiger partial charge in [-0.05, 0) is 54.9 Å². The molecule has 6 atom stereocenters. The minimum atomic E-state index is -0.907. The summed E-state index contributed by atoms with van der Waals surface area (Å²) in [5, 5.41) is 8.34. The van der Waals surface area contributed by atoms with E-state index in [1.165, 1.54) is 0 Å². The van der Waals surface area contributed by atoms with Gasteiger partial charge in [0.2, 0.25) is 23.6 Å². The van der Waals surface area contributed by atoms with Crippen LogP contribution in [0, 0.1) is 29.1 Å². The van der Waals surface area contributed by atoms with Gasteiger partial charge in [0.15, 0.2) is 5.78 Å². The third-order valence-electron chi connectivity index (χ3n) is 8.73. The van der Waals surface area contributed by atoms with Crippen molar-refractivity contribution in [3.8, 4) is 0 Å². The van der Waals surface area contributed by atoms with E-state index in [9.17, 15) is 28.8 Å². The van der Waals surface area contributed by atoms with Crippen molar-refractivity contribution >= 4 is 35.2 Å². The van der Waals surface area contributed by atoms with Crippen LogP contribution in [0.2, 0.25) is 0 Å². The first-order valence-electron chi connectivity index (χ1n) is 13.3. The lowest BCUT2D eigenvalue weighted by molar-refractivity contribution is -0.144. The van der Waals surface area contributed by atoms with Gasteiger partial charge in [-0.2, -0.15) is 0 Å². The molecular weight excluding hydrogens is 476 g/mol. The van der Waals surface area contributed by atoms with E-state index in [0.29, 0.717) is 19.5 Å². The summed E-state index contributed by atoms with van der Waals surface area (Å²) in [6, 6.07) is -2.46. The number of carbonyl (C=O) groups excluding carboxylic acids is 6. The van der Waals surface area contributed by atoms with E-state index in [1.54, 1.807) is 11.8 Å². The van der Waals surface area contributed by atoms with Crippen LogP contribution in [0.1, 0.15) is 59.3 Å². The van der Waals surface area contributed by atoms with Crippen molar-refractivity contribution in [2.45, 2.75) is 77.4 Å². The van der Waals surface area contributed by atoms with Gasteiger partial charge < -0.3 is 20.9 Å². The SMILES string of the molecule is C=CC(=O)[C@H](C[C@@H]1CCNC1=O)NC(=O)[C@@H]1[C@@H]2[C@H](CN1C(=O)[C@@H](NC(=O)CC(=O)CC)C1CC1)C2(C)C. The summed E-state index contributed by atoms with van der Waals surface area (Å²) in [7, 11) is 0. The second kappa shape index (κ2) is 10.4. The molecular formula is C27H38N4O6. The Bertz CT molecular complexity index is 1020. The summed E-state index contributed by atoms with van der Waals surface area (Å²) in [4.78, 5) is 77.8. The largest absolute Gasteiger partial charge is 0.356 e. The lowest BCUT2D eigenvalue weighted by Crippen LogP contribution is -2.58. The van der Waals surface area contributed by atoms with Crippen LogP contribution >= 0.6 is 0 Å². The number of hydrogen-bond acceptors (Lipinski definition) is 6. The number of nitrogens with zero attached hydrogens (tertiary/aromatic N) is 1. The monoisotopic (exact) mass is 514 g/mol. The maximum Gasteiger partial charge on any atom is 0.246 e. The zero-order valence-electron chi connectivity index (χ0n) is 21.9. The average Bonchev–Trinajstić information content (AvgIpc) is 3.66. The summed E-state index contributed by atoms with van der Waals surface area (Å²) >= 11 is 0. The third kappa shape index (κ3) is 5.48. The summed E-state index contributed by atoms with van der Waals surface area (Å²) in [5.74, 6) is -2.25. The van der Waals surface area contributed by atoms with E-state index in [0.717, 1.165) is 18.9 Å². The molecule has 10 nitrogen and oxygen atoms in total. The Labute approximate surface area is 217 Å². The predicted molar refractivity (Wildman–Crippen MR) is 134 cm³/mol. The van der Waals surface area contributed by atoms with Gasteiger partial charge in [-0.3, -0.25) is 28.8 Å². The fourth-order valence-electron chi connectivity index (χ4n) is 6.13. The highest BCUT2D eigenvalue weighted by atomic mass is 16.2. The lowest BCUT2D eigenvalue weighted by atomic mass is 9.94. The van der Waals surface area contributed by atoms with Gasteiger partial charge in [-0.25, -0.2) is 0 Å². The van der Waals surface area contributed by atoms with Crippen molar-refractivity contribution < 1.29 is 28.8 Å². The fourth-order valence-corrected chi connectivity index (χ4v) is 6.13. The number of nitrogens with one attached hydrogen (secondary N) is 3. The third-order valence-corrected chi connectivity index (χ3v) is 8.73. The summed E-state index contributed by atoms with van der Waals surface area (Å²) in [6.07, 6.45) is 3.47. The molecule has 10 heteroatoms. The number of ketones is 2. The minimum Gasteiger partial charge on any atom is -0.356 e. The fraction of sp³-hybridized carbons (Fsp3) is 0.704. The van der Waals surface area contributed by atoms with Crippen molar-refractivity contribution in [3.05, 3.63) is 12.7 Å². The predicted octanol–water partition coefficient (Wildman–Crippen LogP) is 0.500. The molecule has 3 N–H and O–H groups in total. The molecule has 0 aromatic carbocycles. The van der Waals surface area contributed by atoms with E-state index >= 15 is 0 Å². The van der Waals surface area contributed by atoms with Crippen molar-refractivity contribution in [1.82, 2.24) is 20.9 Å². The van der Waals surface area contributed by atoms with E-state index in [4.69, 9.17) is 0 Å². The molecule has 202 valence electrons. The molecule has 4 amide bonds. The molecule has 0 unspecified atom stereocenters. The Morgan fingerprint density at radius 3 is 2.43 bits per heavy atom. The molecule has 37 heavy (non-hydrogen) atoms. The van der Waals surface area contributed by atoms with Gasteiger partial charge in [0.1, 0.15) is 17.9 Å². The molecule has 2 aliphatic carbocycles. The summed E-state index contributed by atoms with van der Waals surface area (Å²) in [6.45, 7) is 10.3. The van der Waals surface area contributed by atoms with Gasteiger partial charge in [0.05, 0.1) is 12.5 Å². The molecule has 2 aliphatic heterocycles. The Hall–Kier alpha value is -3.04. The van der Waals surface area contributed by atoms with Crippen molar-refractivity contribution in [3.63, 3.8) is 0 Å². The molecule has 0 bridgehead atoms. The smallest absolute Gasteiger partial charge is 0.246 e. The van der Waals surface area contributed by atoms with Crippen molar-refractivity contribution in [1.29, 1.82) is 0 Å². The zero-order chi connectivity index (χ0) is 27.1. The Balaban J connectivity index is 1.50. The topological polar surface area (TPSA) is 142 Å². The number of carbonyl (C=O) groups is 6. The van der Waals surface area contributed by atoms with Crippen LogP contribution in [0.5, 0.6) is 0 Å². The van der Waals surface area contributed by atoms with Crippen LogP contribution in [0.3, 0.4) is 0 Å². The highest BCUT2D eigenvalue weighted by Crippen LogP contribution is 2.65. The zero-order valence-corrected chi connectivity index (χ0v) is 21.9. The second-order valence-electron chi connectivity index (χ2n) is 11.5. The molecule has 4 rings (SSSR count). The van der Waals surface area contributed by atoms with Gasteiger partial charge in [0, 0.05) is 25.4 Å². The van der Waals surface area contributed by atoms with Crippen LogP contribution < -0.4 is 16.0 Å². The lowest BCUT2D eigenvalue weighted by Gasteiger charge is -2.34. The molecule has 0 aromatic rings. The normalized spacial score (nSPS) is 28.9. The Morgan fingerprint density at radius 2 is 1.86 bits per heavy atom.